The van der Waals surface area contributed by atoms with Crippen molar-refractivity contribution in [1.82, 2.24) is 10.3 Å². The summed E-state index contributed by atoms with van der Waals surface area (Å²) in [7, 11) is 1.55. The SMILES string of the molecule is CCOc1ccccc1/C=C\C(=O)NCc1cccnc1OC. The zero-order chi connectivity index (χ0) is 16.5. The fourth-order valence-corrected chi connectivity index (χ4v) is 2.05. The van der Waals surface area contributed by atoms with Crippen molar-refractivity contribution in [1.29, 1.82) is 0 Å². The number of aromatic nitrogens is 1. The van der Waals surface area contributed by atoms with E-state index in [1.54, 1.807) is 25.4 Å². The molecule has 0 unspecified atom stereocenters. The first-order chi connectivity index (χ1) is 11.2. The summed E-state index contributed by atoms with van der Waals surface area (Å²) in [6, 6.07) is 11.2. The lowest BCUT2D eigenvalue weighted by atomic mass is 10.2. The molecule has 5 nitrogen and oxygen atoms in total. The van der Waals surface area contributed by atoms with Gasteiger partial charge in [-0.2, -0.15) is 0 Å². The van der Waals surface area contributed by atoms with Crippen LogP contribution in [-0.2, 0) is 11.3 Å². The molecule has 1 heterocycles. The highest BCUT2D eigenvalue weighted by Crippen LogP contribution is 2.19. The van der Waals surface area contributed by atoms with Gasteiger partial charge in [0.05, 0.1) is 13.7 Å². The van der Waals surface area contributed by atoms with E-state index in [4.69, 9.17) is 9.47 Å². The molecule has 0 saturated heterocycles. The molecule has 5 heteroatoms. The Morgan fingerprint density at radius 1 is 1.26 bits per heavy atom. The van der Waals surface area contributed by atoms with Gasteiger partial charge in [0, 0.05) is 29.9 Å². The Bertz CT molecular complexity index is 683. The molecule has 0 aliphatic rings. The van der Waals surface area contributed by atoms with Crippen molar-refractivity contribution < 1.29 is 14.3 Å². The smallest absolute Gasteiger partial charge is 0.244 e. The van der Waals surface area contributed by atoms with Crippen LogP contribution in [0, 0.1) is 0 Å². The largest absolute Gasteiger partial charge is 0.493 e. The molecule has 1 aromatic heterocycles. The van der Waals surface area contributed by atoms with Gasteiger partial charge in [0.1, 0.15) is 5.75 Å². The predicted octanol–water partition coefficient (Wildman–Crippen LogP) is 2.82. The lowest BCUT2D eigenvalue weighted by molar-refractivity contribution is -0.116. The molecule has 0 atom stereocenters. The first kappa shape index (κ1) is 16.5. The van der Waals surface area contributed by atoms with E-state index in [0.717, 1.165) is 16.9 Å². The van der Waals surface area contributed by atoms with E-state index >= 15 is 0 Å². The Morgan fingerprint density at radius 3 is 2.87 bits per heavy atom. The van der Waals surface area contributed by atoms with E-state index < -0.39 is 0 Å². The lowest BCUT2D eigenvalue weighted by Gasteiger charge is -2.07. The van der Waals surface area contributed by atoms with Crippen molar-refractivity contribution in [3.63, 3.8) is 0 Å². The molecule has 0 bridgehead atoms. The van der Waals surface area contributed by atoms with Crippen LogP contribution in [0.15, 0.2) is 48.7 Å². The summed E-state index contributed by atoms with van der Waals surface area (Å²) >= 11 is 0. The molecule has 0 aliphatic carbocycles. The van der Waals surface area contributed by atoms with E-state index in [0.29, 0.717) is 19.0 Å². The normalized spacial score (nSPS) is 10.5. The monoisotopic (exact) mass is 312 g/mol. The van der Waals surface area contributed by atoms with Gasteiger partial charge in [0.15, 0.2) is 0 Å². The molecule has 2 aromatic rings. The third-order valence-corrected chi connectivity index (χ3v) is 3.13. The summed E-state index contributed by atoms with van der Waals surface area (Å²) in [5.74, 6) is 1.08. The molecule has 120 valence electrons. The fourth-order valence-electron chi connectivity index (χ4n) is 2.05. The summed E-state index contributed by atoms with van der Waals surface area (Å²) in [5.41, 5.74) is 1.69. The van der Waals surface area contributed by atoms with Crippen LogP contribution in [0.1, 0.15) is 18.1 Å². The van der Waals surface area contributed by atoms with Gasteiger partial charge >= 0.3 is 0 Å². The standard InChI is InChI=1S/C18H20N2O3/c1-3-23-16-9-5-4-7-14(16)10-11-17(21)20-13-15-8-6-12-19-18(15)22-2/h4-12H,3,13H2,1-2H3,(H,20,21)/b11-10-. The van der Waals surface area contributed by atoms with E-state index in [2.05, 4.69) is 10.3 Å². The molecule has 1 amide bonds. The number of para-hydroxylation sites is 1. The van der Waals surface area contributed by atoms with Gasteiger partial charge < -0.3 is 14.8 Å². The number of nitrogens with zero attached hydrogens (tertiary/aromatic N) is 1. The average molecular weight is 312 g/mol. The van der Waals surface area contributed by atoms with Crippen LogP contribution in [-0.4, -0.2) is 24.6 Å². The Kier molecular flexibility index (Phi) is 6.17. The van der Waals surface area contributed by atoms with Crippen molar-refractivity contribution in [2.45, 2.75) is 13.5 Å². The second kappa shape index (κ2) is 8.58. The van der Waals surface area contributed by atoms with Gasteiger partial charge in [-0.05, 0) is 25.1 Å². The van der Waals surface area contributed by atoms with Gasteiger partial charge in [-0.3, -0.25) is 4.79 Å². The number of pyridine rings is 1. The predicted molar refractivity (Wildman–Crippen MR) is 89.3 cm³/mol. The van der Waals surface area contributed by atoms with E-state index in [1.807, 2.05) is 37.3 Å². The quantitative estimate of drug-likeness (QED) is 0.799. The fraction of sp³-hybridized carbons (Fsp3) is 0.222. The summed E-state index contributed by atoms with van der Waals surface area (Å²) < 4.78 is 10.7. The molecule has 23 heavy (non-hydrogen) atoms. The maximum atomic E-state index is 12.0. The maximum absolute atomic E-state index is 12.0. The van der Waals surface area contributed by atoms with E-state index in [1.165, 1.54) is 6.08 Å². The van der Waals surface area contributed by atoms with E-state index in [9.17, 15) is 4.79 Å². The van der Waals surface area contributed by atoms with Crippen molar-refractivity contribution >= 4 is 12.0 Å². The topological polar surface area (TPSA) is 60.5 Å². The lowest BCUT2D eigenvalue weighted by Crippen LogP contribution is -2.20. The number of methoxy groups -OCH3 is 1. The van der Waals surface area contributed by atoms with Gasteiger partial charge in [0.25, 0.3) is 0 Å². The molecular weight excluding hydrogens is 292 g/mol. The average Bonchev–Trinajstić information content (AvgIpc) is 2.59. The first-order valence-electron chi connectivity index (χ1n) is 7.40. The molecule has 0 radical (unpaired) electrons. The number of hydrogen-bond acceptors (Lipinski definition) is 4. The molecule has 1 aromatic carbocycles. The van der Waals surface area contributed by atoms with Crippen molar-refractivity contribution in [2.75, 3.05) is 13.7 Å². The molecular formula is C18H20N2O3. The second-order valence-corrected chi connectivity index (χ2v) is 4.69. The molecule has 0 fully saturated rings. The minimum atomic E-state index is -0.192. The van der Waals surface area contributed by atoms with Crippen LogP contribution < -0.4 is 14.8 Å². The molecule has 0 saturated carbocycles. The molecule has 2 rings (SSSR count). The highest BCUT2D eigenvalue weighted by atomic mass is 16.5. The third kappa shape index (κ3) is 4.85. The highest BCUT2D eigenvalue weighted by molar-refractivity contribution is 5.92. The summed E-state index contributed by atoms with van der Waals surface area (Å²) in [4.78, 5) is 16.1. The van der Waals surface area contributed by atoms with E-state index in [-0.39, 0.29) is 5.91 Å². The van der Waals surface area contributed by atoms with Crippen molar-refractivity contribution in [3.05, 3.63) is 59.8 Å². The Balaban J connectivity index is 1.97. The van der Waals surface area contributed by atoms with Gasteiger partial charge in [0.2, 0.25) is 11.8 Å². The van der Waals surface area contributed by atoms with Crippen LogP contribution in [0.3, 0.4) is 0 Å². The van der Waals surface area contributed by atoms with Crippen LogP contribution in [0.25, 0.3) is 6.08 Å². The number of benzene rings is 1. The van der Waals surface area contributed by atoms with Crippen LogP contribution >= 0.6 is 0 Å². The number of nitrogens with one attached hydrogen (secondary N) is 1. The first-order valence-corrected chi connectivity index (χ1v) is 7.40. The summed E-state index contributed by atoms with van der Waals surface area (Å²) in [5, 5.41) is 2.81. The van der Waals surface area contributed by atoms with Crippen molar-refractivity contribution in [2.24, 2.45) is 0 Å². The molecule has 1 N–H and O–H groups in total. The minimum absolute atomic E-state index is 0.192. The summed E-state index contributed by atoms with van der Waals surface area (Å²) in [6.45, 7) is 2.86. The number of hydrogen-bond donors (Lipinski definition) is 1. The van der Waals surface area contributed by atoms with Gasteiger partial charge in [-0.25, -0.2) is 4.98 Å². The van der Waals surface area contributed by atoms with Crippen LogP contribution in [0.5, 0.6) is 11.6 Å². The number of carbonyl (C=O) groups is 1. The summed E-state index contributed by atoms with van der Waals surface area (Å²) in [6.07, 6.45) is 4.87. The minimum Gasteiger partial charge on any atom is -0.493 e. The zero-order valence-corrected chi connectivity index (χ0v) is 13.3. The third-order valence-electron chi connectivity index (χ3n) is 3.13. The van der Waals surface area contributed by atoms with Gasteiger partial charge in [-0.1, -0.05) is 24.3 Å². The number of rotatable bonds is 7. The highest BCUT2D eigenvalue weighted by Gasteiger charge is 2.04. The Morgan fingerprint density at radius 2 is 2.09 bits per heavy atom. The Hall–Kier alpha value is -2.82. The van der Waals surface area contributed by atoms with Crippen molar-refractivity contribution in [3.8, 4) is 11.6 Å². The van der Waals surface area contributed by atoms with Crippen LogP contribution in [0.4, 0.5) is 0 Å². The second-order valence-electron chi connectivity index (χ2n) is 4.69. The molecule has 0 aliphatic heterocycles. The molecule has 0 spiro atoms. The number of carbonyl (C=O) groups excluding carboxylic acids is 1. The van der Waals surface area contributed by atoms with Crippen LogP contribution in [0.2, 0.25) is 0 Å². The van der Waals surface area contributed by atoms with Gasteiger partial charge in [-0.15, -0.1) is 0 Å². The Labute approximate surface area is 136 Å². The maximum Gasteiger partial charge on any atom is 0.244 e. The number of amides is 1. The zero-order valence-electron chi connectivity index (χ0n) is 13.3. The number of ether oxygens (including phenoxy) is 2.